The Labute approximate surface area is 822 Å². The van der Waals surface area contributed by atoms with Crippen LogP contribution in [0.1, 0.15) is 155 Å². The molecule has 28 heteroatoms. The molecule has 0 spiro atoms. The van der Waals surface area contributed by atoms with E-state index in [-0.39, 0.29) is 84.3 Å². The Morgan fingerprint density at radius 3 is 1.08 bits per heavy atom. The molecule has 0 aliphatic rings. The van der Waals surface area contributed by atoms with Crippen LogP contribution >= 0.6 is 39.3 Å². The molecule has 0 amide bonds. The lowest BCUT2D eigenvalue weighted by Gasteiger charge is -2.08. The monoisotopic (exact) mass is 1950 g/mol. The molecule has 0 unspecified atom stereocenters. The minimum Gasteiger partial charge on any atom is -1.00 e. The fourth-order valence-corrected chi connectivity index (χ4v) is 18.2. The summed E-state index contributed by atoms with van der Waals surface area (Å²) >= 11 is 10.7. The van der Waals surface area contributed by atoms with Gasteiger partial charge in [-0.25, -0.2) is 29.9 Å². The number of hydrogen-bond acceptors (Lipinski definition) is 15. The zero-order chi connectivity index (χ0) is 96.3. The topological polar surface area (TPSA) is 268 Å². The van der Waals surface area contributed by atoms with Crippen LogP contribution in [0.25, 0.3) is 95.4 Å². The molecule has 0 bridgehead atoms. The average molecular weight is 1950 g/mol. The Kier molecular flexibility index (Phi) is 28.7. The van der Waals surface area contributed by atoms with E-state index in [4.69, 9.17) is 36.5 Å². The molecule has 0 aliphatic heterocycles. The van der Waals surface area contributed by atoms with Crippen LogP contribution in [0.5, 0.6) is 0 Å². The Hall–Kier alpha value is -15.1. The van der Waals surface area contributed by atoms with Gasteiger partial charge in [-0.15, -0.1) is 0 Å². The number of halogens is 3. The van der Waals surface area contributed by atoms with Crippen LogP contribution in [0, 0.1) is 83.1 Å². The van der Waals surface area contributed by atoms with Gasteiger partial charge in [0.2, 0.25) is 11.6 Å². The standard InChI is InChI=1S/C26H23N3O.C23H23BrN4O.2C21H20N4O.C19H15ClN4OS.ClH/c1-17-8-11-19(12-9-17)26-23(29-16-18(2)10-13-25(29)27-26)15-24(30)22-14-20-6-4-5-7-21(20)28(22)3;1-5-28-23(21(24)16(4)26-28)19(29)12-18-22(17-9-6-14(2)7-10-17)25-20-11-8-15(3)13-27(18)20;1-13-4-7-16(8-5-13)21-18(11-19(26)17-10-15(3)23-24-17)25-12-14(2)6-9-20(25)22-21;1-14-4-7-16(8-5-14)20-17(12-18(26)21-22-10-11-24(21)3)25-13-15(2)6-9-19(25)23-20;1-11-3-6-13(7-4-11)17-14(9-15(25)18-19(20)23-26-22-18)24-10-12(2)5-8-16(24)21-17;/h4-14,16H,15H2,1-3H3;6-11,13H,5,12H2,1-4H3;4-10,12H,11H2,1-3H3,(H,23,24);4-11,13H,12H2,1-3H3;3-8,10H,9H2,1-2H3;1H. The lowest BCUT2D eigenvalue weighted by molar-refractivity contribution is -0.287. The van der Waals surface area contributed by atoms with Gasteiger partial charge in [0.15, 0.2) is 23.2 Å². The highest BCUT2D eigenvalue weighted by Crippen LogP contribution is 2.35. The van der Waals surface area contributed by atoms with Gasteiger partial charge in [0.05, 0.1) is 105 Å². The van der Waals surface area contributed by atoms with Crippen molar-refractivity contribution in [2.45, 2.75) is 129 Å². The zero-order valence-electron chi connectivity index (χ0n) is 79.3. The molecule has 2 N–H and O–H groups in total. The molecule has 21 rings (SSSR count). The third-order valence-electron chi connectivity index (χ3n) is 24.3. The molecule has 21 aromatic rings. The number of aryl methyl sites for hydroxylation is 15. The number of hydrogen-bond donors (Lipinski definition) is 1. The number of para-hydroxylation sites is 1. The highest BCUT2D eigenvalue weighted by atomic mass is 79.9. The maximum absolute atomic E-state index is 13.4. The summed E-state index contributed by atoms with van der Waals surface area (Å²) in [5.41, 5.74) is 34.2. The number of nitrogens with zero attached hydrogens (tertiary/aromatic N) is 17. The Balaban J connectivity index is 0.000000125. The van der Waals surface area contributed by atoms with Crippen molar-refractivity contribution >= 4 is 107 Å². The van der Waals surface area contributed by atoms with Crippen LogP contribution in [-0.4, -0.2) is 114 Å². The van der Waals surface area contributed by atoms with E-state index in [0.29, 0.717) is 29.5 Å². The van der Waals surface area contributed by atoms with E-state index in [1.807, 2.05) is 226 Å². The number of nitrogens with one attached hydrogen (secondary N) is 2. The molecule has 6 aromatic carbocycles. The van der Waals surface area contributed by atoms with Crippen molar-refractivity contribution in [3.8, 4) is 56.3 Å². The van der Waals surface area contributed by atoms with Crippen LogP contribution in [0.2, 0.25) is 5.15 Å². The lowest BCUT2D eigenvalue weighted by atomic mass is 10.0. The van der Waals surface area contributed by atoms with Crippen LogP contribution < -0.4 is 16.8 Å². The van der Waals surface area contributed by atoms with E-state index >= 15 is 0 Å². The third kappa shape index (κ3) is 20.7. The smallest absolute Gasteiger partial charge is 0.292 e. The molecular formula is C110H102BrCl2N19O5S. The molecule has 138 heavy (non-hydrogen) atoms. The number of carbonyl (C=O) groups excluding carboxylic acids is 5. The van der Waals surface area contributed by atoms with Crippen molar-refractivity contribution in [3.05, 3.63) is 395 Å². The van der Waals surface area contributed by atoms with Crippen LogP contribution in [0.4, 0.5) is 0 Å². The summed E-state index contributed by atoms with van der Waals surface area (Å²) in [6, 6.07) is 73.2. The SMILES string of the molecule is CCn1nc(C)c(Br)c1C(=O)Cc1c(-c2ccc(C)cc2)nc2ccc(C)cn12.Cc1ccc(-c2nc3ccc(C)cn3c2CC(=O)c2cc(C)[nH]n2)cc1.Cc1ccc(-c2nc3ccc(C)cn3c2CC(=O)c2cc3ccccc3n2C)cc1.Cc1ccc(-c2nc3ccc(C)cn3c2CC(=O)c2nccn2C)cc1.Cc1ccc(-c2nc3ccc(C)cn3c2CC(=O)c2ns[nH+]c2Cl)cc1.[Cl-]. The van der Waals surface area contributed by atoms with E-state index in [2.05, 4.69) is 193 Å². The second-order valence-electron chi connectivity index (χ2n) is 35.0. The number of aromatic amines is 2. The number of imidazole rings is 6. The number of fused-ring (bicyclic) bond motifs is 6. The molecule has 694 valence electrons. The Morgan fingerprint density at radius 2 is 0.754 bits per heavy atom. The summed E-state index contributed by atoms with van der Waals surface area (Å²) in [4.78, 5) is 93.4. The number of H-pyrrole nitrogens is 2. The first-order valence-corrected chi connectivity index (χ1v) is 47.1. The van der Waals surface area contributed by atoms with Crippen molar-refractivity contribution < 1.29 is 40.8 Å². The van der Waals surface area contributed by atoms with Gasteiger partial charge in [-0.1, -0.05) is 198 Å². The lowest BCUT2D eigenvalue weighted by Crippen LogP contribution is -3.00. The Bertz CT molecular complexity index is 7980. The molecular weight excluding hydrogens is 1850 g/mol. The molecule has 0 atom stereocenters. The first-order valence-electron chi connectivity index (χ1n) is 45.1. The predicted molar refractivity (Wildman–Crippen MR) is 544 cm³/mol. The largest absolute Gasteiger partial charge is 1.00 e. The summed E-state index contributed by atoms with van der Waals surface area (Å²) in [6.07, 6.45) is 14.8. The predicted octanol–water partition coefficient (Wildman–Crippen LogP) is 19.7. The molecule has 0 saturated heterocycles. The van der Waals surface area contributed by atoms with Gasteiger partial charge in [-0.2, -0.15) is 14.6 Å². The maximum Gasteiger partial charge on any atom is 0.292 e. The van der Waals surface area contributed by atoms with Crippen LogP contribution in [0.3, 0.4) is 0 Å². The van der Waals surface area contributed by atoms with E-state index in [0.717, 1.165) is 179 Å². The second-order valence-corrected chi connectivity index (χ2v) is 36.7. The van der Waals surface area contributed by atoms with E-state index in [9.17, 15) is 24.0 Å². The number of ketones is 5. The van der Waals surface area contributed by atoms with Gasteiger partial charge in [0, 0.05) is 113 Å². The van der Waals surface area contributed by atoms with Crippen molar-refractivity contribution in [3.63, 3.8) is 0 Å². The van der Waals surface area contributed by atoms with Gasteiger partial charge in [-0.05, 0) is 194 Å². The minimum absolute atomic E-state index is 0. The normalized spacial score (nSPS) is 11.2. The van der Waals surface area contributed by atoms with Crippen LogP contribution in [0.15, 0.2) is 266 Å². The number of rotatable bonds is 21. The molecule has 0 aliphatic carbocycles. The maximum atomic E-state index is 13.4. The number of Topliss-reactive ketones (excluding diaryl/α,β-unsaturated/α-hetero) is 5. The Morgan fingerprint density at radius 1 is 0.413 bits per heavy atom. The van der Waals surface area contributed by atoms with Gasteiger partial charge in [-0.3, -0.25) is 33.8 Å². The summed E-state index contributed by atoms with van der Waals surface area (Å²) in [5.74, 6) is 0.396. The molecule has 0 fully saturated rings. The number of pyridine rings is 5. The number of carbonyl (C=O) groups is 5. The molecule has 0 saturated carbocycles. The zero-order valence-corrected chi connectivity index (χ0v) is 83.2. The van der Waals surface area contributed by atoms with Gasteiger partial charge in [0.1, 0.15) is 39.6 Å². The van der Waals surface area contributed by atoms with Gasteiger partial charge >= 0.3 is 0 Å². The van der Waals surface area contributed by atoms with Crippen molar-refractivity contribution in [1.82, 2.24) is 85.4 Å². The number of aromatic nitrogens is 19. The summed E-state index contributed by atoms with van der Waals surface area (Å²) < 4.78 is 23.2. The highest BCUT2D eigenvalue weighted by Gasteiger charge is 2.30. The fraction of sp³-hybridized carbons (Fsp3) is 0.191. The molecule has 15 heterocycles. The summed E-state index contributed by atoms with van der Waals surface area (Å²) in [6.45, 7) is 26.9. The number of benzene rings is 6. The fourth-order valence-electron chi connectivity index (χ4n) is 16.9. The average Bonchev–Trinajstić information content (AvgIpc) is 1.63. The van der Waals surface area contributed by atoms with Crippen molar-refractivity contribution in [2.75, 3.05) is 0 Å². The summed E-state index contributed by atoms with van der Waals surface area (Å²) in [5, 5.41) is 12.8. The minimum atomic E-state index is -0.135. The van der Waals surface area contributed by atoms with Crippen molar-refractivity contribution in [2.24, 2.45) is 14.1 Å². The molecule has 15 aromatic heterocycles. The van der Waals surface area contributed by atoms with Crippen LogP contribution in [-0.2, 0) is 52.7 Å². The quantitative estimate of drug-likeness (QED) is 0.0656. The van der Waals surface area contributed by atoms with Gasteiger partial charge in [0.25, 0.3) is 22.6 Å². The second kappa shape index (κ2) is 41.2. The first-order chi connectivity index (χ1) is 66.0. The highest BCUT2D eigenvalue weighted by molar-refractivity contribution is 9.10. The van der Waals surface area contributed by atoms with E-state index < -0.39 is 0 Å². The van der Waals surface area contributed by atoms with E-state index in [1.165, 1.54) is 27.8 Å². The third-order valence-corrected chi connectivity index (χ3v) is 26.2. The van der Waals surface area contributed by atoms with Gasteiger partial charge < -0.3 is 43.5 Å². The molecule has 0 radical (unpaired) electrons. The summed E-state index contributed by atoms with van der Waals surface area (Å²) in [7, 11) is 3.79. The first kappa shape index (κ1) is 96.0. The van der Waals surface area contributed by atoms with E-state index in [1.54, 1.807) is 27.7 Å². The molecule has 24 nitrogen and oxygen atoms in total. The van der Waals surface area contributed by atoms with Crippen molar-refractivity contribution in [1.29, 1.82) is 0 Å².